The van der Waals surface area contributed by atoms with Crippen LogP contribution < -0.4 is 4.74 Å². The predicted octanol–water partition coefficient (Wildman–Crippen LogP) is 5.70. The minimum Gasteiger partial charge on any atom is -0.491 e. The maximum Gasteiger partial charge on any atom is 0.266 e. The van der Waals surface area contributed by atoms with E-state index in [0.29, 0.717) is 58.8 Å². The molecule has 0 unspecified atom stereocenters. The highest BCUT2D eigenvalue weighted by molar-refractivity contribution is 8.26. The molecule has 0 atom stereocenters. The second-order valence-electron chi connectivity index (χ2n) is 7.68. The highest BCUT2D eigenvalue weighted by atomic mass is 32.2. The molecule has 0 bridgehead atoms. The van der Waals surface area contributed by atoms with E-state index in [9.17, 15) is 9.18 Å². The smallest absolute Gasteiger partial charge is 0.266 e. The molecule has 35 heavy (non-hydrogen) atoms. The molecule has 182 valence electrons. The fraction of sp³-hybridized carbons (Fsp3) is 0.269. The molecule has 3 aromatic rings. The average Bonchev–Trinajstić information content (AvgIpc) is 3.40. The van der Waals surface area contributed by atoms with Gasteiger partial charge in [-0.25, -0.2) is 9.07 Å². The van der Waals surface area contributed by atoms with Crippen molar-refractivity contribution in [2.75, 3.05) is 26.4 Å². The van der Waals surface area contributed by atoms with Gasteiger partial charge in [-0.1, -0.05) is 42.2 Å². The Morgan fingerprint density at radius 2 is 1.94 bits per heavy atom. The van der Waals surface area contributed by atoms with Crippen LogP contribution in [0.4, 0.5) is 4.39 Å². The van der Waals surface area contributed by atoms with Crippen LogP contribution in [0.2, 0.25) is 0 Å². The summed E-state index contributed by atoms with van der Waals surface area (Å²) in [6.45, 7) is 5.83. The molecule has 1 aliphatic rings. The van der Waals surface area contributed by atoms with E-state index in [-0.39, 0.29) is 11.7 Å². The SMILES string of the molecule is CCOCCCN1C(=O)C(=Cc2cn(-c3ccccc3)nc2-c2ccc(OCC)c(F)c2)SC1=S. The van der Waals surface area contributed by atoms with Crippen molar-refractivity contribution in [2.24, 2.45) is 0 Å². The lowest BCUT2D eigenvalue weighted by Gasteiger charge is -2.13. The molecule has 2 aromatic carbocycles. The first-order chi connectivity index (χ1) is 17.0. The number of thioether (sulfide) groups is 1. The zero-order valence-corrected chi connectivity index (χ0v) is 21.2. The Hall–Kier alpha value is -3.01. The molecule has 2 heterocycles. The Kier molecular flexibility index (Phi) is 8.33. The van der Waals surface area contributed by atoms with Crippen LogP contribution in [-0.4, -0.2) is 51.3 Å². The van der Waals surface area contributed by atoms with Crippen molar-refractivity contribution in [3.05, 3.63) is 71.0 Å². The summed E-state index contributed by atoms with van der Waals surface area (Å²) in [5.41, 5.74) is 2.67. The lowest BCUT2D eigenvalue weighted by Crippen LogP contribution is -2.29. The Balaban J connectivity index is 1.69. The van der Waals surface area contributed by atoms with Crippen LogP contribution in [0.25, 0.3) is 23.0 Å². The van der Waals surface area contributed by atoms with Crippen LogP contribution in [0, 0.1) is 5.82 Å². The van der Waals surface area contributed by atoms with Gasteiger partial charge in [0.05, 0.1) is 17.2 Å². The number of carbonyl (C=O) groups is 1. The van der Waals surface area contributed by atoms with Crippen molar-refractivity contribution in [1.29, 1.82) is 0 Å². The fourth-order valence-corrected chi connectivity index (χ4v) is 4.95. The number of thiocarbonyl (C=S) groups is 1. The molecule has 1 aliphatic heterocycles. The highest BCUT2D eigenvalue weighted by Crippen LogP contribution is 2.35. The fourth-order valence-electron chi connectivity index (χ4n) is 3.65. The second kappa shape index (κ2) is 11.6. The summed E-state index contributed by atoms with van der Waals surface area (Å²) in [4.78, 5) is 15.2. The van der Waals surface area contributed by atoms with Crippen molar-refractivity contribution in [3.8, 4) is 22.7 Å². The predicted molar refractivity (Wildman–Crippen MR) is 141 cm³/mol. The number of hydrogen-bond donors (Lipinski definition) is 0. The molecular weight excluding hydrogens is 485 g/mol. The first-order valence-electron chi connectivity index (χ1n) is 11.4. The van der Waals surface area contributed by atoms with Gasteiger partial charge in [0.15, 0.2) is 11.6 Å². The molecule has 0 saturated carbocycles. The molecule has 1 saturated heterocycles. The number of aromatic nitrogens is 2. The lowest BCUT2D eigenvalue weighted by molar-refractivity contribution is -0.122. The van der Waals surface area contributed by atoms with Gasteiger partial charge in [0.1, 0.15) is 10.0 Å². The number of ether oxygens (including phenoxy) is 2. The lowest BCUT2D eigenvalue weighted by atomic mass is 10.1. The summed E-state index contributed by atoms with van der Waals surface area (Å²) in [6, 6.07) is 14.4. The minimum atomic E-state index is -0.467. The van der Waals surface area contributed by atoms with Crippen molar-refractivity contribution >= 4 is 40.3 Å². The van der Waals surface area contributed by atoms with E-state index >= 15 is 0 Å². The quantitative estimate of drug-likeness (QED) is 0.198. The summed E-state index contributed by atoms with van der Waals surface area (Å²) in [7, 11) is 0. The summed E-state index contributed by atoms with van der Waals surface area (Å²) in [5, 5.41) is 4.72. The molecule has 0 aliphatic carbocycles. The first-order valence-corrected chi connectivity index (χ1v) is 12.6. The first kappa shape index (κ1) is 25.1. The van der Waals surface area contributed by atoms with Gasteiger partial charge in [0.25, 0.3) is 5.91 Å². The minimum absolute atomic E-state index is 0.146. The molecular formula is C26H26FN3O3S2. The van der Waals surface area contributed by atoms with Crippen molar-refractivity contribution in [3.63, 3.8) is 0 Å². The zero-order valence-electron chi connectivity index (χ0n) is 19.6. The molecule has 1 amide bonds. The number of amides is 1. The standard InChI is InChI=1S/C26H26FN3O3S2/c1-3-32-14-8-13-29-25(31)23(35-26(29)34)16-19-17-30(20-9-6-5-7-10-20)28-24(19)18-11-12-22(33-4-2)21(27)15-18/h5-7,9-12,15-17H,3-4,8,13-14H2,1-2H3. The van der Waals surface area contributed by atoms with Crippen LogP contribution in [0.3, 0.4) is 0 Å². The third-order valence-corrected chi connectivity index (χ3v) is 6.68. The topological polar surface area (TPSA) is 56.6 Å². The maximum atomic E-state index is 14.7. The maximum absolute atomic E-state index is 14.7. The third-order valence-electron chi connectivity index (χ3n) is 5.30. The van der Waals surface area contributed by atoms with Crippen molar-refractivity contribution in [2.45, 2.75) is 20.3 Å². The Labute approximate surface area is 213 Å². The Morgan fingerprint density at radius 1 is 1.14 bits per heavy atom. The van der Waals surface area contributed by atoms with E-state index < -0.39 is 5.82 Å². The zero-order chi connectivity index (χ0) is 24.8. The molecule has 0 N–H and O–H groups in total. The summed E-state index contributed by atoms with van der Waals surface area (Å²) in [6.07, 6.45) is 4.31. The normalized spacial score (nSPS) is 14.8. The largest absolute Gasteiger partial charge is 0.491 e. The number of benzene rings is 2. The van der Waals surface area contributed by atoms with E-state index in [1.165, 1.54) is 17.8 Å². The monoisotopic (exact) mass is 511 g/mol. The van der Waals surface area contributed by atoms with Gasteiger partial charge in [-0.05, 0) is 56.7 Å². The number of nitrogens with zero attached hydrogens (tertiary/aromatic N) is 3. The number of carbonyl (C=O) groups excluding carboxylic acids is 1. The van der Waals surface area contributed by atoms with Gasteiger partial charge in [0.2, 0.25) is 0 Å². The van der Waals surface area contributed by atoms with Crippen molar-refractivity contribution < 1.29 is 18.7 Å². The van der Waals surface area contributed by atoms with Gasteiger partial charge in [0, 0.05) is 37.1 Å². The van der Waals surface area contributed by atoms with Crippen LogP contribution >= 0.6 is 24.0 Å². The van der Waals surface area contributed by atoms with Crippen LogP contribution in [0.5, 0.6) is 5.75 Å². The van der Waals surface area contributed by atoms with E-state index in [2.05, 4.69) is 0 Å². The molecule has 1 fully saturated rings. The number of rotatable bonds is 10. The molecule has 9 heteroatoms. The summed E-state index contributed by atoms with van der Waals surface area (Å²) < 4.78 is 27.6. The van der Waals surface area contributed by atoms with E-state index in [1.54, 1.807) is 34.7 Å². The molecule has 0 spiro atoms. The van der Waals surface area contributed by atoms with Gasteiger partial charge in [-0.2, -0.15) is 5.10 Å². The van der Waals surface area contributed by atoms with Gasteiger partial charge in [-0.15, -0.1) is 0 Å². The van der Waals surface area contributed by atoms with Crippen LogP contribution in [-0.2, 0) is 9.53 Å². The summed E-state index contributed by atoms with van der Waals surface area (Å²) >= 11 is 6.71. The summed E-state index contributed by atoms with van der Waals surface area (Å²) in [5.74, 6) is -0.425. The van der Waals surface area contributed by atoms with Crippen LogP contribution in [0.1, 0.15) is 25.8 Å². The van der Waals surface area contributed by atoms with Crippen molar-refractivity contribution in [1.82, 2.24) is 14.7 Å². The van der Waals surface area contributed by atoms with E-state index in [4.69, 9.17) is 26.8 Å². The van der Waals surface area contributed by atoms with Gasteiger partial charge < -0.3 is 9.47 Å². The van der Waals surface area contributed by atoms with E-state index in [0.717, 1.165) is 5.69 Å². The van der Waals surface area contributed by atoms with Gasteiger partial charge >= 0.3 is 0 Å². The second-order valence-corrected chi connectivity index (χ2v) is 9.35. The van der Waals surface area contributed by atoms with E-state index in [1.807, 2.05) is 43.5 Å². The average molecular weight is 512 g/mol. The highest BCUT2D eigenvalue weighted by Gasteiger charge is 2.32. The van der Waals surface area contributed by atoms with Crippen LogP contribution in [0.15, 0.2) is 59.6 Å². The van der Waals surface area contributed by atoms with Gasteiger partial charge in [-0.3, -0.25) is 9.69 Å². The number of halogens is 1. The molecule has 1 aromatic heterocycles. The Bertz CT molecular complexity index is 1240. The molecule has 6 nitrogen and oxygen atoms in total. The third kappa shape index (κ3) is 5.80. The Morgan fingerprint density at radius 3 is 2.66 bits per heavy atom. The molecule has 4 rings (SSSR count). The number of para-hydroxylation sites is 1. The molecule has 0 radical (unpaired) electrons. The number of hydrogen-bond acceptors (Lipinski definition) is 6.